The number of carbonyl (C=O) groups excluding carboxylic acids is 1. The van der Waals surface area contributed by atoms with Crippen molar-refractivity contribution in [3.05, 3.63) is 36.3 Å². The number of amides is 1. The molecule has 9 heteroatoms. The summed E-state index contributed by atoms with van der Waals surface area (Å²) in [6.07, 6.45) is -1.05. The zero-order valence-electron chi connectivity index (χ0n) is 12.8. The molecule has 0 unspecified atom stereocenters. The summed E-state index contributed by atoms with van der Waals surface area (Å²) in [6.45, 7) is 0.883. The summed E-state index contributed by atoms with van der Waals surface area (Å²) in [5.41, 5.74) is 2.10. The van der Waals surface area contributed by atoms with Crippen LogP contribution in [-0.4, -0.2) is 38.1 Å². The lowest BCUT2D eigenvalue weighted by atomic mass is 10.1. The number of fused-ring (bicyclic) bond motifs is 1. The summed E-state index contributed by atoms with van der Waals surface area (Å²) in [5, 5.41) is 12.9. The summed E-state index contributed by atoms with van der Waals surface area (Å²) < 4.78 is 39.4. The second-order valence-corrected chi connectivity index (χ2v) is 5.47. The van der Waals surface area contributed by atoms with E-state index in [9.17, 15) is 18.0 Å². The van der Waals surface area contributed by atoms with Crippen molar-refractivity contribution in [2.24, 2.45) is 7.05 Å². The standard InChI is InChI=1S/C15H14F3N5O/c1-8(15(16,17)18)20-14(24)13-11-5-9(3-4-12(11)21-22-13)10-6-19-23(2)7-10/h3-8H,1-2H3,(H,20,24)(H,21,22)/t8-/m0/s1. The number of hydrogen-bond acceptors (Lipinski definition) is 3. The van der Waals surface area contributed by atoms with Crippen LogP contribution in [0.5, 0.6) is 0 Å². The zero-order valence-corrected chi connectivity index (χ0v) is 12.8. The highest BCUT2D eigenvalue weighted by atomic mass is 19.4. The normalized spacial score (nSPS) is 13.2. The SMILES string of the molecule is C[C@H](NC(=O)c1n[nH]c2ccc(-c3cnn(C)c3)cc12)C(F)(F)F. The summed E-state index contributed by atoms with van der Waals surface area (Å²) in [6, 6.07) is 3.27. The van der Waals surface area contributed by atoms with Crippen LogP contribution in [0.25, 0.3) is 22.0 Å². The Balaban J connectivity index is 1.95. The number of aromatic nitrogens is 4. The molecule has 2 heterocycles. The van der Waals surface area contributed by atoms with E-state index in [0.29, 0.717) is 10.9 Å². The van der Waals surface area contributed by atoms with Gasteiger partial charge in [0.05, 0.1) is 11.7 Å². The summed E-state index contributed by atoms with van der Waals surface area (Å²) >= 11 is 0. The minimum absolute atomic E-state index is 0.0770. The molecule has 3 rings (SSSR count). The predicted octanol–water partition coefficient (Wildman–Crippen LogP) is 2.64. The van der Waals surface area contributed by atoms with E-state index in [0.717, 1.165) is 18.1 Å². The van der Waals surface area contributed by atoms with Crippen molar-refractivity contribution in [1.82, 2.24) is 25.3 Å². The topological polar surface area (TPSA) is 75.6 Å². The number of aromatic amines is 1. The molecule has 24 heavy (non-hydrogen) atoms. The van der Waals surface area contributed by atoms with Crippen molar-refractivity contribution in [2.75, 3.05) is 0 Å². The lowest BCUT2D eigenvalue weighted by molar-refractivity contribution is -0.149. The number of halogens is 3. The van der Waals surface area contributed by atoms with Crippen LogP contribution in [0.2, 0.25) is 0 Å². The maximum atomic E-state index is 12.6. The Morgan fingerprint density at radius 3 is 2.71 bits per heavy atom. The number of carbonyl (C=O) groups is 1. The van der Waals surface area contributed by atoms with Crippen molar-refractivity contribution in [1.29, 1.82) is 0 Å². The Bertz CT molecular complexity index is 896. The third-order valence-electron chi connectivity index (χ3n) is 3.65. The van der Waals surface area contributed by atoms with Gasteiger partial charge in [-0.15, -0.1) is 0 Å². The van der Waals surface area contributed by atoms with Gasteiger partial charge in [0.1, 0.15) is 6.04 Å². The van der Waals surface area contributed by atoms with Crippen LogP contribution < -0.4 is 5.32 Å². The van der Waals surface area contributed by atoms with Gasteiger partial charge in [-0.25, -0.2) is 0 Å². The maximum Gasteiger partial charge on any atom is 0.408 e. The second kappa shape index (κ2) is 5.66. The van der Waals surface area contributed by atoms with Gasteiger partial charge in [0.25, 0.3) is 5.91 Å². The van der Waals surface area contributed by atoms with Gasteiger partial charge in [-0.3, -0.25) is 14.6 Å². The van der Waals surface area contributed by atoms with Crippen LogP contribution in [0, 0.1) is 0 Å². The van der Waals surface area contributed by atoms with Crippen LogP contribution in [0.15, 0.2) is 30.6 Å². The average molecular weight is 337 g/mol. The van der Waals surface area contributed by atoms with Crippen molar-refractivity contribution in [3.63, 3.8) is 0 Å². The Hall–Kier alpha value is -2.84. The van der Waals surface area contributed by atoms with E-state index < -0.39 is 18.1 Å². The van der Waals surface area contributed by atoms with Gasteiger partial charge >= 0.3 is 6.18 Å². The largest absolute Gasteiger partial charge is 0.408 e. The Morgan fingerprint density at radius 2 is 2.08 bits per heavy atom. The summed E-state index contributed by atoms with van der Waals surface area (Å²) in [5.74, 6) is -0.880. The highest BCUT2D eigenvalue weighted by Crippen LogP contribution is 2.26. The fourth-order valence-electron chi connectivity index (χ4n) is 2.28. The molecule has 126 valence electrons. The Kier molecular flexibility index (Phi) is 3.78. The van der Waals surface area contributed by atoms with Crippen molar-refractivity contribution in [3.8, 4) is 11.1 Å². The first-order valence-corrected chi connectivity index (χ1v) is 7.10. The first kappa shape index (κ1) is 16.0. The van der Waals surface area contributed by atoms with Crippen LogP contribution in [-0.2, 0) is 7.05 Å². The molecule has 0 radical (unpaired) electrons. The monoisotopic (exact) mass is 337 g/mol. The molecule has 0 saturated heterocycles. The third-order valence-corrected chi connectivity index (χ3v) is 3.65. The van der Waals surface area contributed by atoms with Gasteiger partial charge in [-0.2, -0.15) is 23.4 Å². The molecular formula is C15H14F3N5O. The molecule has 3 aromatic rings. The van der Waals surface area contributed by atoms with Crippen molar-refractivity contribution in [2.45, 2.75) is 19.1 Å². The van der Waals surface area contributed by atoms with Crippen molar-refractivity contribution < 1.29 is 18.0 Å². The van der Waals surface area contributed by atoms with E-state index in [1.54, 1.807) is 36.3 Å². The maximum absolute atomic E-state index is 12.6. The number of nitrogens with zero attached hydrogens (tertiary/aromatic N) is 3. The molecule has 1 aromatic carbocycles. The van der Waals surface area contributed by atoms with E-state index in [1.165, 1.54) is 0 Å². The fourth-order valence-corrected chi connectivity index (χ4v) is 2.28. The van der Waals surface area contributed by atoms with Crippen LogP contribution in [0.3, 0.4) is 0 Å². The molecule has 2 aromatic heterocycles. The molecule has 2 N–H and O–H groups in total. The molecule has 1 atom stereocenters. The van der Waals surface area contributed by atoms with E-state index in [2.05, 4.69) is 15.3 Å². The molecule has 0 aliphatic heterocycles. The number of benzene rings is 1. The van der Waals surface area contributed by atoms with Gasteiger partial charge in [0.2, 0.25) is 0 Å². The lowest BCUT2D eigenvalue weighted by Gasteiger charge is -2.16. The van der Waals surface area contributed by atoms with E-state index in [1.807, 2.05) is 11.4 Å². The highest BCUT2D eigenvalue weighted by molar-refractivity contribution is 6.05. The molecule has 0 saturated carbocycles. The average Bonchev–Trinajstić information content (AvgIpc) is 3.11. The molecule has 6 nitrogen and oxygen atoms in total. The molecular weight excluding hydrogens is 323 g/mol. The third kappa shape index (κ3) is 2.97. The van der Waals surface area contributed by atoms with Gasteiger partial charge in [-0.1, -0.05) is 6.07 Å². The van der Waals surface area contributed by atoms with Gasteiger partial charge in [0, 0.05) is 24.2 Å². The molecule has 0 fully saturated rings. The number of rotatable bonds is 3. The minimum Gasteiger partial charge on any atom is -0.339 e. The first-order chi connectivity index (χ1) is 11.3. The lowest BCUT2D eigenvalue weighted by Crippen LogP contribution is -2.43. The molecule has 0 spiro atoms. The zero-order chi connectivity index (χ0) is 17.5. The van der Waals surface area contributed by atoms with Crippen LogP contribution >= 0.6 is 0 Å². The number of alkyl halides is 3. The molecule has 0 aliphatic rings. The molecule has 1 amide bonds. The molecule has 0 bridgehead atoms. The molecule has 0 aliphatic carbocycles. The van der Waals surface area contributed by atoms with Crippen LogP contribution in [0.4, 0.5) is 13.2 Å². The fraction of sp³-hybridized carbons (Fsp3) is 0.267. The number of aryl methyl sites for hydroxylation is 1. The first-order valence-electron chi connectivity index (χ1n) is 7.10. The number of nitrogens with one attached hydrogen (secondary N) is 2. The Morgan fingerprint density at radius 1 is 1.33 bits per heavy atom. The number of hydrogen-bond donors (Lipinski definition) is 2. The number of H-pyrrole nitrogens is 1. The summed E-state index contributed by atoms with van der Waals surface area (Å²) in [4.78, 5) is 12.1. The second-order valence-electron chi connectivity index (χ2n) is 5.47. The van der Waals surface area contributed by atoms with E-state index in [-0.39, 0.29) is 5.69 Å². The van der Waals surface area contributed by atoms with E-state index >= 15 is 0 Å². The van der Waals surface area contributed by atoms with E-state index in [4.69, 9.17) is 0 Å². The Labute approximate surface area is 134 Å². The van der Waals surface area contributed by atoms with Crippen LogP contribution in [0.1, 0.15) is 17.4 Å². The van der Waals surface area contributed by atoms with Gasteiger partial charge in [0.15, 0.2) is 5.69 Å². The smallest absolute Gasteiger partial charge is 0.339 e. The summed E-state index contributed by atoms with van der Waals surface area (Å²) in [7, 11) is 1.78. The van der Waals surface area contributed by atoms with Gasteiger partial charge < -0.3 is 5.32 Å². The predicted molar refractivity (Wildman–Crippen MR) is 81.3 cm³/mol. The van der Waals surface area contributed by atoms with Crippen molar-refractivity contribution >= 4 is 16.8 Å². The highest BCUT2D eigenvalue weighted by Gasteiger charge is 2.37. The minimum atomic E-state index is -4.51. The quantitative estimate of drug-likeness (QED) is 0.771. The van der Waals surface area contributed by atoms with Gasteiger partial charge in [-0.05, 0) is 24.6 Å².